The zero-order chi connectivity index (χ0) is 10.1. The molecule has 13 heavy (non-hydrogen) atoms. The van der Waals surface area contributed by atoms with Crippen molar-refractivity contribution in [3.63, 3.8) is 0 Å². The maximum atomic E-state index is 11.4. The topological polar surface area (TPSA) is 59.9 Å². The van der Waals surface area contributed by atoms with E-state index in [1.165, 1.54) is 0 Å². The van der Waals surface area contributed by atoms with Crippen LogP contribution in [-0.2, 0) is 16.9 Å². The van der Waals surface area contributed by atoms with Crippen LogP contribution in [0.25, 0.3) is 0 Å². The van der Waals surface area contributed by atoms with Gasteiger partial charge < -0.3 is 4.74 Å². The summed E-state index contributed by atoms with van der Waals surface area (Å²) in [5, 5.41) is 6.28. The van der Waals surface area contributed by atoms with Crippen LogP contribution in [0.3, 0.4) is 0 Å². The van der Waals surface area contributed by atoms with Crippen LogP contribution in [0, 0.1) is 0 Å². The second-order valence-electron chi connectivity index (χ2n) is 3.88. The molecular formula is C8H15N3O2. The highest BCUT2D eigenvalue weighted by atomic mass is 16.5. The Bertz CT molecular complexity index is 332. The van der Waals surface area contributed by atoms with E-state index in [2.05, 4.69) is 10.2 Å². The number of aromatic amines is 1. The second-order valence-corrected chi connectivity index (χ2v) is 3.88. The summed E-state index contributed by atoms with van der Waals surface area (Å²) < 4.78 is 6.53. The molecule has 1 aromatic heterocycles. The fourth-order valence-corrected chi connectivity index (χ4v) is 1.25. The standard InChI is InChI=1S/C8H15N3O2/c1-8(2,3)11-6(5-13-4)9-10-7(11)12/h5H2,1-4H3,(H,10,12). The fourth-order valence-electron chi connectivity index (χ4n) is 1.25. The molecule has 0 aliphatic carbocycles. The van der Waals surface area contributed by atoms with Crippen molar-refractivity contribution < 1.29 is 4.74 Å². The molecule has 0 spiro atoms. The lowest BCUT2D eigenvalue weighted by Gasteiger charge is -2.20. The van der Waals surface area contributed by atoms with E-state index in [1.54, 1.807) is 11.7 Å². The molecule has 1 N–H and O–H groups in total. The minimum atomic E-state index is -0.266. The quantitative estimate of drug-likeness (QED) is 0.728. The maximum Gasteiger partial charge on any atom is 0.343 e. The Morgan fingerprint density at radius 1 is 1.54 bits per heavy atom. The van der Waals surface area contributed by atoms with E-state index in [-0.39, 0.29) is 11.2 Å². The van der Waals surface area contributed by atoms with Crippen molar-refractivity contribution in [1.29, 1.82) is 0 Å². The third-order valence-corrected chi connectivity index (χ3v) is 1.69. The number of H-pyrrole nitrogens is 1. The summed E-state index contributed by atoms with van der Waals surface area (Å²) in [5.41, 5.74) is -0.461. The van der Waals surface area contributed by atoms with E-state index in [1.807, 2.05) is 20.8 Å². The summed E-state index contributed by atoms with van der Waals surface area (Å²) in [6.07, 6.45) is 0. The number of ether oxygens (including phenoxy) is 1. The molecule has 1 heterocycles. The average molecular weight is 185 g/mol. The minimum absolute atomic E-state index is 0.195. The van der Waals surface area contributed by atoms with Crippen molar-refractivity contribution >= 4 is 0 Å². The van der Waals surface area contributed by atoms with Crippen molar-refractivity contribution in [2.24, 2.45) is 0 Å². The molecule has 74 valence electrons. The molecule has 0 amide bonds. The molecule has 0 saturated heterocycles. The third kappa shape index (κ3) is 1.98. The van der Waals surface area contributed by atoms with Crippen molar-refractivity contribution in [1.82, 2.24) is 14.8 Å². The van der Waals surface area contributed by atoms with Gasteiger partial charge in [-0.1, -0.05) is 0 Å². The van der Waals surface area contributed by atoms with E-state index >= 15 is 0 Å². The van der Waals surface area contributed by atoms with Gasteiger partial charge >= 0.3 is 5.69 Å². The Kier molecular flexibility index (Phi) is 2.56. The largest absolute Gasteiger partial charge is 0.377 e. The third-order valence-electron chi connectivity index (χ3n) is 1.69. The van der Waals surface area contributed by atoms with Crippen LogP contribution in [0.5, 0.6) is 0 Å². The van der Waals surface area contributed by atoms with Crippen molar-refractivity contribution in [3.8, 4) is 0 Å². The molecule has 0 atom stereocenters. The number of nitrogens with zero attached hydrogens (tertiary/aromatic N) is 2. The highest BCUT2D eigenvalue weighted by Crippen LogP contribution is 2.12. The van der Waals surface area contributed by atoms with Crippen LogP contribution in [0.15, 0.2) is 4.79 Å². The van der Waals surface area contributed by atoms with Gasteiger partial charge in [0.1, 0.15) is 6.61 Å². The van der Waals surface area contributed by atoms with Crippen molar-refractivity contribution in [2.45, 2.75) is 32.9 Å². The van der Waals surface area contributed by atoms with Gasteiger partial charge in [-0.05, 0) is 20.8 Å². The summed E-state index contributed by atoms with van der Waals surface area (Å²) >= 11 is 0. The van der Waals surface area contributed by atoms with E-state index in [0.29, 0.717) is 12.4 Å². The zero-order valence-electron chi connectivity index (χ0n) is 8.42. The molecule has 1 rings (SSSR count). The zero-order valence-corrected chi connectivity index (χ0v) is 8.42. The van der Waals surface area contributed by atoms with Gasteiger partial charge in [0.05, 0.1) is 0 Å². The number of hydrogen-bond donors (Lipinski definition) is 1. The van der Waals surface area contributed by atoms with Crippen LogP contribution in [0.4, 0.5) is 0 Å². The van der Waals surface area contributed by atoms with Crippen LogP contribution in [0.2, 0.25) is 0 Å². The smallest absolute Gasteiger partial charge is 0.343 e. The molecule has 5 heteroatoms. The lowest BCUT2D eigenvalue weighted by atomic mass is 10.1. The first-order valence-corrected chi connectivity index (χ1v) is 4.12. The van der Waals surface area contributed by atoms with Gasteiger partial charge in [0.15, 0.2) is 5.82 Å². The summed E-state index contributed by atoms with van der Waals surface area (Å²) in [6, 6.07) is 0. The molecule has 5 nitrogen and oxygen atoms in total. The van der Waals surface area contributed by atoms with Gasteiger partial charge in [0.25, 0.3) is 0 Å². The van der Waals surface area contributed by atoms with E-state index in [4.69, 9.17) is 4.74 Å². The second kappa shape index (κ2) is 3.33. The Morgan fingerprint density at radius 3 is 2.62 bits per heavy atom. The first kappa shape index (κ1) is 9.98. The van der Waals surface area contributed by atoms with Gasteiger partial charge in [-0.2, -0.15) is 5.10 Å². The van der Waals surface area contributed by atoms with Crippen molar-refractivity contribution in [3.05, 3.63) is 16.3 Å². The predicted octanol–water partition coefficient (Wildman–Crippen LogP) is 0.473. The molecule has 0 unspecified atom stereocenters. The fraction of sp³-hybridized carbons (Fsp3) is 0.750. The Balaban J connectivity index is 3.17. The normalized spacial score (nSPS) is 12.0. The molecule has 0 bridgehead atoms. The number of aromatic nitrogens is 3. The van der Waals surface area contributed by atoms with Crippen LogP contribution >= 0.6 is 0 Å². The molecule has 0 aromatic carbocycles. The van der Waals surface area contributed by atoms with Gasteiger partial charge in [-0.25, -0.2) is 9.89 Å². The monoisotopic (exact) mass is 185 g/mol. The average Bonchev–Trinajstić information content (AvgIpc) is 2.31. The molecule has 0 aliphatic heterocycles. The van der Waals surface area contributed by atoms with Crippen molar-refractivity contribution in [2.75, 3.05) is 7.11 Å². The summed E-state index contributed by atoms with van der Waals surface area (Å²) in [6.45, 7) is 6.19. The van der Waals surface area contributed by atoms with Gasteiger partial charge in [0, 0.05) is 12.6 Å². The predicted molar refractivity (Wildman–Crippen MR) is 48.6 cm³/mol. The Labute approximate surface area is 76.7 Å². The Morgan fingerprint density at radius 2 is 2.15 bits per heavy atom. The molecular weight excluding hydrogens is 170 g/mol. The number of rotatable bonds is 2. The van der Waals surface area contributed by atoms with E-state index in [9.17, 15) is 4.79 Å². The first-order valence-electron chi connectivity index (χ1n) is 4.12. The van der Waals surface area contributed by atoms with Crippen LogP contribution in [0.1, 0.15) is 26.6 Å². The van der Waals surface area contributed by atoms with Gasteiger partial charge in [-0.15, -0.1) is 0 Å². The summed E-state index contributed by atoms with van der Waals surface area (Å²) in [5.74, 6) is 0.625. The number of nitrogens with one attached hydrogen (secondary N) is 1. The summed E-state index contributed by atoms with van der Waals surface area (Å²) in [7, 11) is 1.58. The molecule has 1 aromatic rings. The molecule has 0 saturated carbocycles. The van der Waals surface area contributed by atoms with Crippen LogP contribution in [-0.4, -0.2) is 21.9 Å². The highest BCUT2D eigenvalue weighted by Gasteiger charge is 2.20. The lowest BCUT2D eigenvalue weighted by molar-refractivity contribution is 0.167. The molecule has 0 radical (unpaired) electrons. The van der Waals surface area contributed by atoms with Gasteiger partial charge in [-0.3, -0.25) is 4.57 Å². The van der Waals surface area contributed by atoms with E-state index < -0.39 is 0 Å². The minimum Gasteiger partial charge on any atom is -0.377 e. The maximum absolute atomic E-state index is 11.4. The molecule has 0 aliphatic rings. The van der Waals surface area contributed by atoms with Gasteiger partial charge in [0.2, 0.25) is 0 Å². The Hall–Kier alpha value is -1.10. The highest BCUT2D eigenvalue weighted by molar-refractivity contribution is 4.90. The van der Waals surface area contributed by atoms with E-state index in [0.717, 1.165) is 0 Å². The van der Waals surface area contributed by atoms with Crippen LogP contribution < -0.4 is 5.69 Å². The number of hydrogen-bond acceptors (Lipinski definition) is 3. The SMILES string of the molecule is COCc1n[nH]c(=O)n1C(C)(C)C. The molecule has 0 fully saturated rings. The number of methoxy groups -OCH3 is 1. The first-order chi connectivity index (χ1) is 5.96. The summed E-state index contributed by atoms with van der Waals surface area (Å²) in [4.78, 5) is 11.4. The lowest BCUT2D eigenvalue weighted by Crippen LogP contribution is -2.33.